The van der Waals surface area contributed by atoms with Crippen LogP contribution in [0.1, 0.15) is 16.1 Å². The standard InChI is InChI=1S/C20H18BrN5O2/c1-12-13(6-4-8-22-12)19(27)24-16-7-3-5-14-17(16)23-11-15(21)18(14)26-10-9-25(2)20(26)28/h3-8,11H,9-10H2,1-2H3,(H,24,27). The summed E-state index contributed by atoms with van der Waals surface area (Å²) >= 11 is 3.53. The van der Waals surface area contributed by atoms with E-state index in [4.69, 9.17) is 0 Å². The Morgan fingerprint density at radius 1 is 1.18 bits per heavy atom. The molecule has 3 aromatic rings. The summed E-state index contributed by atoms with van der Waals surface area (Å²) in [7, 11) is 1.78. The van der Waals surface area contributed by atoms with Gasteiger partial charge in [0.1, 0.15) is 0 Å². The number of aromatic nitrogens is 2. The number of nitrogens with zero attached hydrogens (tertiary/aromatic N) is 4. The van der Waals surface area contributed by atoms with E-state index in [-0.39, 0.29) is 11.9 Å². The van der Waals surface area contributed by atoms with Crippen molar-refractivity contribution in [2.24, 2.45) is 0 Å². The lowest BCUT2D eigenvalue weighted by molar-refractivity contribution is 0.102. The highest BCUT2D eigenvalue weighted by Crippen LogP contribution is 2.37. The van der Waals surface area contributed by atoms with Gasteiger partial charge >= 0.3 is 6.03 Å². The molecule has 7 nitrogen and oxygen atoms in total. The molecule has 1 saturated heterocycles. The fourth-order valence-corrected chi connectivity index (χ4v) is 3.86. The van der Waals surface area contributed by atoms with Gasteiger partial charge in [0, 0.05) is 43.6 Å². The molecular formula is C20H18BrN5O2. The molecule has 3 amide bonds. The number of halogens is 1. The van der Waals surface area contributed by atoms with Crippen molar-refractivity contribution in [3.05, 3.63) is 58.5 Å². The number of nitrogens with one attached hydrogen (secondary N) is 1. The fraction of sp³-hybridized carbons (Fsp3) is 0.200. The molecule has 0 aliphatic carbocycles. The molecule has 0 radical (unpaired) electrons. The molecule has 0 atom stereocenters. The quantitative estimate of drug-likeness (QED) is 0.672. The van der Waals surface area contributed by atoms with E-state index in [1.54, 1.807) is 54.4 Å². The van der Waals surface area contributed by atoms with Crippen LogP contribution in [0, 0.1) is 6.92 Å². The van der Waals surface area contributed by atoms with Gasteiger partial charge in [0.25, 0.3) is 5.91 Å². The van der Waals surface area contributed by atoms with E-state index in [9.17, 15) is 9.59 Å². The molecular weight excluding hydrogens is 422 g/mol. The summed E-state index contributed by atoms with van der Waals surface area (Å²) in [6.07, 6.45) is 3.31. The lowest BCUT2D eigenvalue weighted by Crippen LogP contribution is -2.29. The number of carbonyl (C=O) groups excluding carboxylic acids is 2. The number of aryl methyl sites for hydroxylation is 1. The van der Waals surface area contributed by atoms with Gasteiger partial charge in [-0.25, -0.2) is 4.79 Å². The maximum absolute atomic E-state index is 12.7. The molecule has 1 aliphatic heterocycles. The molecule has 2 aromatic heterocycles. The third-order valence-electron chi connectivity index (χ3n) is 4.81. The molecule has 1 fully saturated rings. The predicted molar refractivity (Wildman–Crippen MR) is 112 cm³/mol. The zero-order chi connectivity index (χ0) is 19.8. The third-order valence-corrected chi connectivity index (χ3v) is 5.39. The van der Waals surface area contributed by atoms with Crippen molar-refractivity contribution >= 4 is 50.1 Å². The Kier molecular flexibility index (Phi) is 4.72. The van der Waals surface area contributed by atoms with Crippen LogP contribution in [0.25, 0.3) is 10.9 Å². The van der Waals surface area contributed by atoms with Crippen molar-refractivity contribution in [3.63, 3.8) is 0 Å². The highest BCUT2D eigenvalue weighted by Gasteiger charge is 2.30. The first kappa shape index (κ1) is 18.4. The maximum Gasteiger partial charge on any atom is 0.324 e. The lowest BCUT2D eigenvalue weighted by atomic mass is 10.1. The minimum absolute atomic E-state index is 0.0615. The molecule has 8 heteroatoms. The van der Waals surface area contributed by atoms with E-state index < -0.39 is 0 Å². The molecule has 1 aliphatic rings. The van der Waals surface area contributed by atoms with Gasteiger partial charge in [-0.05, 0) is 41.1 Å². The second kappa shape index (κ2) is 7.20. The van der Waals surface area contributed by atoms with E-state index in [0.29, 0.717) is 35.6 Å². The number of para-hydroxylation sites is 1. The van der Waals surface area contributed by atoms with Crippen LogP contribution in [0.15, 0.2) is 47.2 Å². The number of likely N-dealkylation sites (N-methyl/N-ethyl adjacent to an activating group) is 1. The molecule has 1 N–H and O–H groups in total. The SMILES string of the molecule is Cc1ncccc1C(=O)Nc1cccc2c(N3CCN(C)C3=O)c(Br)cnc12. The molecule has 1 aromatic carbocycles. The van der Waals surface area contributed by atoms with Gasteiger partial charge < -0.3 is 10.2 Å². The van der Waals surface area contributed by atoms with E-state index in [1.807, 2.05) is 12.1 Å². The molecule has 3 heterocycles. The van der Waals surface area contributed by atoms with Gasteiger partial charge in [-0.3, -0.25) is 19.7 Å². The monoisotopic (exact) mass is 439 g/mol. The number of pyridine rings is 2. The molecule has 0 spiro atoms. The Morgan fingerprint density at radius 2 is 2.00 bits per heavy atom. The molecule has 142 valence electrons. The van der Waals surface area contributed by atoms with Crippen molar-refractivity contribution in [2.45, 2.75) is 6.92 Å². The highest BCUT2D eigenvalue weighted by molar-refractivity contribution is 9.10. The van der Waals surface area contributed by atoms with Gasteiger partial charge in [0.15, 0.2) is 0 Å². The average molecular weight is 440 g/mol. The number of carbonyl (C=O) groups is 2. The Morgan fingerprint density at radius 3 is 2.71 bits per heavy atom. The lowest BCUT2D eigenvalue weighted by Gasteiger charge is -2.20. The summed E-state index contributed by atoms with van der Waals surface area (Å²) in [5, 5.41) is 3.72. The normalized spacial score (nSPS) is 14.0. The van der Waals surface area contributed by atoms with Crippen molar-refractivity contribution in [3.8, 4) is 0 Å². The third kappa shape index (κ3) is 3.09. The predicted octanol–water partition coefficient (Wildman–Crippen LogP) is 3.82. The fourth-order valence-electron chi connectivity index (χ4n) is 3.33. The maximum atomic E-state index is 12.7. The average Bonchev–Trinajstić information content (AvgIpc) is 3.01. The van der Waals surface area contributed by atoms with Crippen LogP contribution in [0.2, 0.25) is 0 Å². The summed E-state index contributed by atoms with van der Waals surface area (Å²) in [5.74, 6) is -0.249. The van der Waals surface area contributed by atoms with Crippen LogP contribution in [-0.4, -0.2) is 46.9 Å². The minimum Gasteiger partial charge on any atom is -0.326 e. The number of urea groups is 1. The molecule has 4 rings (SSSR count). The van der Waals surface area contributed by atoms with E-state index in [1.165, 1.54) is 0 Å². The Bertz CT molecular complexity index is 1100. The Labute approximate surface area is 170 Å². The largest absolute Gasteiger partial charge is 0.326 e. The van der Waals surface area contributed by atoms with Gasteiger partial charge in [-0.2, -0.15) is 0 Å². The van der Waals surface area contributed by atoms with Crippen LogP contribution in [0.4, 0.5) is 16.2 Å². The van der Waals surface area contributed by atoms with Crippen molar-refractivity contribution in [2.75, 3.05) is 30.4 Å². The summed E-state index contributed by atoms with van der Waals surface area (Å²) in [6, 6.07) is 8.95. The first-order valence-corrected chi connectivity index (χ1v) is 9.59. The van der Waals surface area contributed by atoms with Crippen LogP contribution in [-0.2, 0) is 0 Å². The van der Waals surface area contributed by atoms with Crippen LogP contribution in [0.5, 0.6) is 0 Å². The topological polar surface area (TPSA) is 78.4 Å². The zero-order valence-corrected chi connectivity index (χ0v) is 17.0. The van der Waals surface area contributed by atoms with Gasteiger partial charge in [0.05, 0.1) is 26.9 Å². The Hall–Kier alpha value is -3.00. The first-order chi connectivity index (χ1) is 13.5. The molecule has 0 unspecified atom stereocenters. The summed E-state index contributed by atoms with van der Waals surface area (Å²) in [6.45, 7) is 3.05. The Balaban J connectivity index is 1.78. The zero-order valence-electron chi connectivity index (χ0n) is 15.4. The summed E-state index contributed by atoms with van der Waals surface area (Å²) < 4.78 is 0.732. The minimum atomic E-state index is -0.249. The van der Waals surface area contributed by atoms with Crippen molar-refractivity contribution < 1.29 is 9.59 Å². The number of anilines is 2. The number of benzene rings is 1. The van der Waals surface area contributed by atoms with Gasteiger partial charge in [-0.1, -0.05) is 12.1 Å². The van der Waals surface area contributed by atoms with Crippen LogP contribution in [0.3, 0.4) is 0 Å². The summed E-state index contributed by atoms with van der Waals surface area (Å²) in [4.78, 5) is 37.3. The molecule has 0 bridgehead atoms. The number of hydrogen-bond donors (Lipinski definition) is 1. The van der Waals surface area contributed by atoms with Crippen LogP contribution >= 0.6 is 15.9 Å². The summed E-state index contributed by atoms with van der Waals surface area (Å²) in [5.41, 5.74) is 3.13. The van der Waals surface area contributed by atoms with E-state index in [2.05, 4.69) is 31.2 Å². The smallest absolute Gasteiger partial charge is 0.324 e. The number of rotatable bonds is 3. The van der Waals surface area contributed by atoms with Crippen LogP contribution < -0.4 is 10.2 Å². The number of hydrogen-bond acceptors (Lipinski definition) is 4. The van der Waals surface area contributed by atoms with E-state index >= 15 is 0 Å². The second-order valence-corrected chi connectivity index (χ2v) is 7.46. The highest BCUT2D eigenvalue weighted by atomic mass is 79.9. The van der Waals surface area contributed by atoms with Gasteiger partial charge in [-0.15, -0.1) is 0 Å². The van der Waals surface area contributed by atoms with E-state index in [0.717, 1.165) is 15.5 Å². The second-order valence-electron chi connectivity index (χ2n) is 6.60. The molecule has 0 saturated carbocycles. The molecule has 28 heavy (non-hydrogen) atoms. The first-order valence-electron chi connectivity index (χ1n) is 8.80. The van der Waals surface area contributed by atoms with Gasteiger partial charge in [0.2, 0.25) is 0 Å². The van der Waals surface area contributed by atoms with Crippen molar-refractivity contribution in [1.82, 2.24) is 14.9 Å². The number of amides is 3. The van der Waals surface area contributed by atoms with Crippen molar-refractivity contribution in [1.29, 1.82) is 0 Å². The number of fused-ring (bicyclic) bond motifs is 1.